The predicted octanol–water partition coefficient (Wildman–Crippen LogP) is 0.221. The van der Waals surface area contributed by atoms with Gasteiger partial charge in [0, 0.05) is 48.9 Å². The molecule has 4 atom stereocenters. The van der Waals surface area contributed by atoms with Crippen molar-refractivity contribution in [1.29, 1.82) is 0 Å². The van der Waals surface area contributed by atoms with E-state index in [1.54, 1.807) is 17.0 Å². The molecule has 3 saturated heterocycles. The van der Waals surface area contributed by atoms with Crippen LogP contribution in [0.5, 0.6) is 0 Å². The van der Waals surface area contributed by atoms with Crippen LogP contribution in [0.3, 0.4) is 0 Å². The summed E-state index contributed by atoms with van der Waals surface area (Å²) in [5.41, 5.74) is 1.51. The highest BCUT2D eigenvalue weighted by molar-refractivity contribution is 6.27. The molecule has 0 aromatic heterocycles. The van der Waals surface area contributed by atoms with E-state index in [1.807, 2.05) is 0 Å². The van der Waals surface area contributed by atoms with Crippen molar-refractivity contribution in [2.24, 2.45) is 0 Å². The van der Waals surface area contributed by atoms with Gasteiger partial charge in [0.05, 0.1) is 18.3 Å². The van der Waals surface area contributed by atoms with Crippen molar-refractivity contribution < 1.29 is 18.8 Å². The second-order valence-electron chi connectivity index (χ2n) is 8.22. The number of carbonyl (C=O) groups is 3. The zero-order chi connectivity index (χ0) is 19.4. The zero-order valence-corrected chi connectivity index (χ0v) is 15.5. The number of piperidine rings is 1. The second-order valence-corrected chi connectivity index (χ2v) is 8.22. The van der Waals surface area contributed by atoms with Crippen LogP contribution < -0.4 is 15.5 Å². The molecule has 4 heterocycles. The number of hydrogen-bond donors (Lipinski definition) is 2. The molecule has 0 spiro atoms. The van der Waals surface area contributed by atoms with E-state index >= 15 is 4.39 Å². The molecule has 28 heavy (non-hydrogen) atoms. The lowest BCUT2D eigenvalue weighted by Gasteiger charge is -2.34. The fraction of sp³-hybridized carbons (Fsp3) is 0.550. The van der Waals surface area contributed by atoms with Crippen LogP contribution in [0, 0.1) is 5.82 Å². The van der Waals surface area contributed by atoms with Crippen LogP contribution in [-0.2, 0) is 16.1 Å². The van der Waals surface area contributed by atoms with Crippen molar-refractivity contribution in [2.75, 3.05) is 24.5 Å². The first-order valence-corrected chi connectivity index (χ1v) is 9.91. The van der Waals surface area contributed by atoms with Crippen LogP contribution in [0.1, 0.15) is 35.2 Å². The maximum Gasteiger partial charge on any atom is 0.254 e. The summed E-state index contributed by atoms with van der Waals surface area (Å²) in [5.74, 6) is -0.893. The maximum absolute atomic E-state index is 15.3. The molecule has 1 aromatic rings. The molecule has 4 aliphatic heterocycles. The molecule has 5 rings (SSSR count). The highest BCUT2D eigenvalue weighted by atomic mass is 19.1. The van der Waals surface area contributed by atoms with Gasteiger partial charge in [0.1, 0.15) is 0 Å². The molecule has 148 valence electrons. The van der Waals surface area contributed by atoms with E-state index in [2.05, 4.69) is 15.5 Å². The van der Waals surface area contributed by atoms with Gasteiger partial charge in [-0.25, -0.2) is 4.39 Å². The number of halogens is 1. The number of carbonyl (C=O) groups excluding carboxylic acids is 3. The smallest absolute Gasteiger partial charge is 0.254 e. The van der Waals surface area contributed by atoms with Crippen LogP contribution in [0.2, 0.25) is 0 Å². The number of nitrogens with one attached hydrogen (secondary N) is 2. The van der Waals surface area contributed by atoms with Crippen LogP contribution in [0.4, 0.5) is 10.1 Å². The van der Waals surface area contributed by atoms with E-state index in [4.69, 9.17) is 0 Å². The van der Waals surface area contributed by atoms with Gasteiger partial charge in [-0.3, -0.25) is 14.4 Å². The summed E-state index contributed by atoms with van der Waals surface area (Å²) in [5, 5.41) is 6.47. The van der Waals surface area contributed by atoms with Gasteiger partial charge in [0.2, 0.25) is 5.78 Å². The van der Waals surface area contributed by atoms with Crippen molar-refractivity contribution in [3.63, 3.8) is 0 Å². The van der Waals surface area contributed by atoms with Crippen LogP contribution in [0.25, 0.3) is 0 Å². The monoisotopic (exact) mass is 386 g/mol. The normalized spacial score (nSPS) is 31.4. The highest BCUT2D eigenvalue weighted by Gasteiger charge is 2.41. The van der Waals surface area contributed by atoms with E-state index in [1.165, 1.54) is 0 Å². The number of anilines is 1. The van der Waals surface area contributed by atoms with Gasteiger partial charge in [-0.1, -0.05) is 0 Å². The molecule has 7 nitrogen and oxygen atoms in total. The number of rotatable bonds is 4. The Balaban J connectivity index is 1.34. The number of hydrogen-bond acceptors (Lipinski definition) is 6. The third-order valence-corrected chi connectivity index (χ3v) is 6.70. The fourth-order valence-corrected chi connectivity index (χ4v) is 5.17. The number of Topliss-reactive ketones (excluding diaryl/α,β-unsaturated/α-hetero) is 1. The van der Waals surface area contributed by atoms with Gasteiger partial charge in [0.15, 0.2) is 12.1 Å². The molecule has 3 fully saturated rings. The van der Waals surface area contributed by atoms with E-state index in [0.29, 0.717) is 54.6 Å². The van der Waals surface area contributed by atoms with Crippen molar-refractivity contribution in [3.8, 4) is 0 Å². The Hall–Kier alpha value is -2.32. The van der Waals surface area contributed by atoms with Gasteiger partial charge in [-0.05, 0) is 31.4 Å². The number of piperazine rings is 1. The number of benzene rings is 1. The summed E-state index contributed by atoms with van der Waals surface area (Å²) in [7, 11) is 0. The Bertz CT molecular complexity index is 852. The molecule has 2 bridgehead atoms. The average molecular weight is 386 g/mol. The van der Waals surface area contributed by atoms with Crippen molar-refractivity contribution in [1.82, 2.24) is 15.5 Å². The summed E-state index contributed by atoms with van der Waals surface area (Å²) in [6, 6.07) is 3.66. The van der Waals surface area contributed by atoms with Crippen LogP contribution in [-0.4, -0.2) is 66.7 Å². The summed E-state index contributed by atoms with van der Waals surface area (Å²) in [6.07, 6.45) is 2.50. The molecule has 0 aliphatic carbocycles. The first kappa shape index (κ1) is 17.8. The molecule has 1 amide bonds. The molecule has 0 radical (unpaired) electrons. The zero-order valence-electron chi connectivity index (χ0n) is 15.5. The van der Waals surface area contributed by atoms with E-state index < -0.39 is 11.8 Å². The number of fused-ring (bicyclic) bond motifs is 3. The standard InChI is InChI=1S/C20H23FN4O3/c21-19-15-9-25(12-1-3-16(23-6-12)18(27)10-26)20(28)14(15)2-4-17(19)24-8-11-5-13(24)7-22-11/h2,4,10-13,16,22-23H,1,3,5-9H2. The summed E-state index contributed by atoms with van der Waals surface area (Å²) in [4.78, 5) is 38.9. The van der Waals surface area contributed by atoms with Gasteiger partial charge in [0.25, 0.3) is 5.91 Å². The van der Waals surface area contributed by atoms with Crippen molar-refractivity contribution >= 4 is 23.7 Å². The number of ketones is 1. The second kappa shape index (κ2) is 6.63. The topological polar surface area (TPSA) is 81.8 Å². The molecule has 1 aromatic carbocycles. The average Bonchev–Trinajstić information content (AvgIpc) is 3.43. The first-order chi connectivity index (χ1) is 13.6. The third kappa shape index (κ3) is 2.66. The largest absolute Gasteiger partial charge is 0.363 e. The summed E-state index contributed by atoms with van der Waals surface area (Å²) >= 11 is 0. The Morgan fingerprint density at radius 1 is 1.14 bits per heavy atom. The molecule has 0 saturated carbocycles. The third-order valence-electron chi connectivity index (χ3n) is 6.70. The number of nitrogens with zero attached hydrogens (tertiary/aromatic N) is 2. The molecule has 4 aliphatic rings. The number of amides is 1. The van der Waals surface area contributed by atoms with Gasteiger partial charge in [-0.2, -0.15) is 0 Å². The lowest BCUT2D eigenvalue weighted by Crippen LogP contribution is -2.52. The predicted molar refractivity (Wildman–Crippen MR) is 99.7 cm³/mol. The van der Waals surface area contributed by atoms with Crippen LogP contribution >= 0.6 is 0 Å². The molecule has 8 heteroatoms. The van der Waals surface area contributed by atoms with E-state index in [-0.39, 0.29) is 24.3 Å². The van der Waals surface area contributed by atoms with Crippen molar-refractivity contribution in [2.45, 2.75) is 50.0 Å². The fourth-order valence-electron chi connectivity index (χ4n) is 5.17. The minimum atomic E-state index is -0.476. The lowest BCUT2D eigenvalue weighted by atomic mass is 9.97. The maximum atomic E-state index is 15.3. The number of aldehydes is 1. The van der Waals surface area contributed by atoms with Gasteiger partial charge >= 0.3 is 0 Å². The molecular formula is C20H23FN4O3. The SMILES string of the molecule is O=CC(=O)C1CCC(N2Cc3c(ccc(N4CC5CC4CN5)c3F)C2=O)CN1. The van der Waals surface area contributed by atoms with E-state index in [9.17, 15) is 14.4 Å². The molecule has 4 unspecified atom stereocenters. The summed E-state index contributed by atoms with van der Waals surface area (Å²) in [6.45, 7) is 2.37. The van der Waals surface area contributed by atoms with Crippen LogP contribution in [0.15, 0.2) is 12.1 Å². The first-order valence-electron chi connectivity index (χ1n) is 9.91. The Kier molecular flexibility index (Phi) is 4.21. The minimum Gasteiger partial charge on any atom is -0.363 e. The lowest BCUT2D eigenvalue weighted by molar-refractivity contribution is -0.131. The Morgan fingerprint density at radius 3 is 2.61 bits per heavy atom. The quantitative estimate of drug-likeness (QED) is 0.569. The van der Waals surface area contributed by atoms with Crippen molar-refractivity contribution in [3.05, 3.63) is 29.1 Å². The van der Waals surface area contributed by atoms with E-state index in [0.717, 1.165) is 19.5 Å². The molecule has 2 N–H and O–H groups in total. The van der Waals surface area contributed by atoms with Gasteiger partial charge in [-0.15, -0.1) is 0 Å². The summed E-state index contributed by atoms with van der Waals surface area (Å²) < 4.78 is 15.3. The highest BCUT2D eigenvalue weighted by Crippen LogP contribution is 2.37. The van der Waals surface area contributed by atoms with Gasteiger partial charge < -0.3 is 20.4 Å². The minimum absolute atomic E-state index is 0.106. The molecular weight excluding hydrogens is 363 g/mol. The Labute approximate surface area is 162 Å². The Morgan fingerprint density at radius 2 is 1.96 bits per heavy atom.